The standard InChI is InChI=1S/C17H33N3O4S/c1-25(21,22)20(8-7-18-9-13-24-14-10-18)17-3-2-6-19(15-17)16-4-11-23-12-5-16/h16-17H,2-15H2,1H3. The predicted molar refractivity (Wildman–Crippen MR) is 97.2 cm³/mol. The van der Waals surface area contributed by atoms with Crippen molar-refractivity contribution < 1.29 is 17.9 Å². The van der Waals surface area contributed by atoms with Crippen LogP contribution in [0.5, 0.6) is 0 Å². The monoisotopic (exact) mass is 375 g/mol. The third-order valence-corrected chi connectivity index (χ3v) is 7.04. The lowest BCUT2D eigenvalue weighted by Crippen LogP contribution is -2.55. The zero-order valence-corrected chi connectivity index (χ0v) is 16.3. The largest absolute Gasteiger partial charge is 0.381 e. The number of ether oxygens (including phenoxy) is 2. The summed E-state index contributed by atoms with van der Waals surface area (Å²) in [7, 11) is -3.20. The molecule has 3 aliphatic heterocycles. The molecular weight excluding hydrogens is 342 g/mol. The second kappa shape index (κ2) is 9.10. The topological polar surface area (TPSA) is 62.3 Å². The molecule has 0 radical (unpaired) electrons. The van der Waals surface area contributed by atoms with E-state index in [-0.39, 0.29) is 6.04 Å². The summed E-state index contributed by atoms with van der Waals surface area (Å²) in [4.78, 5) is 4.81. The molecule has 0 aromatic rings. The highest BCUT2D eigenvalue weighted by molar-refractivity contribution is 7.88. The van der Waals surface area contributed by atoms with Gasteiger partial charge in [-0.15, -0.1) is 0 Å². The number of nitrogens with zero attached hydrogens (tertiary/aromatic N) is 3. The fourth-order valence-electron chi connectivity index (χ4n) is 4.28. The highest BCUT2D eigenvalue weighted by atomic mass is 32.2. The van der Waals surface area contributed by atoms with Crippen LogP contribution in [0.15, 0.2) is 0 Å². The van der Waals surface area contributed by atoms with Crippen molar-refractivity contribution in [3.8, 4) is 0 Å². The van der Waals surface area contributed by atoms with E-state index < -0.39 is 10.0 Å². The fraction of sp³-hybridized carbons (Fsp3) is 1.00. The molecule has 25 heavy (non-hydrogen) atoms. The molecule has 1 unspecified atom stereocenters. The molecule has 0 saturated carbocycles. The van der Waals surface area contributed by atoms with E-state index in [0.717, 1.165) is 84.8 Å². The Morgan fingerprint density at radius 1 is 1.00 bits per heavy atom. The average Bonchev–Trinajstić information content (AvgIpc) is 2.63. The summed E-state index contributed by atoms with van der Waals surface area (Å²) in [5.41, 5.74) is 0. The Hall–Kier alpha value is -0.250. The number of hydrogen-bond acceptors (Lipinski definition) is 6. The maximum absolute atomic E-state index is 12.4. The molecule has 1 atom stereocenters. The van der Waals surface area contributed by atoms with Crippen LogP contribution in [0, 0.1) is 0 Å². The second-order valence-electron chi connectivity index (χ2n) is 7.46. The number of hydrogen-bond donors (Lipinski definition) is 0. The first-order chi connectivity index (χ1) is 12.0. The molecule has 3 heterocycles. The summed E-state index contributed by atoms with van der Waals surface area (Å²) in [6.07, 6.45) is 5.54. The second-order valence-corrected chi connectivity index (χ2v) is 9.40. The van der Waals surface area contributed by atoms with Crippen molar-refractivity contribution in [2.75, 3.05) is 72.0 Å². The molecule has 0 aromatic heterocycles. The summed E-state index contributed by atoms with van der Waals surface area (Å²) in [6, 6.07) is 0.657. The van der Waals surface area contributed by atoms with Crippen LogP contribution >= 0.6 is 0 Å². The van der Waals surface area contributed by atoms with E-state index in [0.29, 0.717) is 12.6 Å². The van der Waals surface area contributed by atoms with E-state index in [2.05, 4.69) is 9.80 Å². The minimum Gasteiger partial charge on any atom is -0.381 e. The number of morpholine rings is 1. The van der Waals surface area contributed by atoms with E-state index in [1.165, 1.54) is 6.26 Å². The van der Waals surface area contributed by atoms with Crippen molar-refractivity contribution >= 4 is 10.0 Å². The third-order valence-electron chi connectivity index (χ3n) is 5.71. The predicted octanol–water partition coefficient (Wildman–Crippen LogP) is 0.224. The number of sulfonamides is 1. The first-order valence-electron chi connectivity index (χ1n) is 9.63. The van der Waals surface area contributed by atoms with E-state index >= 15 is 0 Å². The molecule has 146 valence electrons. The van der Waals surface area contributed by atoms with Crippen molar-refractivity contribution in [2.24, 2.45) is 0 Å². The molecule has 3 rings (SSSR count). The third kappa shape index (κ3) is 5.61. The summed E-state index contributed by atoms with van der Waals surface area (Å²) in [5, 5.41) is 0. The maximum Gasteiger partial charge on any atom is 0.211 e. The van der Waals surface area contributed by atoms with Crippen molar-refractivity contribution in [3.63, 3.8) is 0 Å². The van der Waals surface area contributed by atoms with Crippen molar-refractivity contribution in [2.45, 2.75) is 37.8 Å². The molecule has 8 heteroatoms. The Bertz CT molecular complexity index is 504. The molecule has 0 aromatic carbocycles. The van der Waals surface area contributed by atoms with Gasteiger partial charge in [-0.05, 0) is 32.2 Å². The Morgan fingerprint density at radius 2 is 1.68 bits per heavy atom. The number of rotatable bonds is 6. The Labute approximate surface area is 152 Å². The van der Waals surface area contributed by atoms with E-state index in [1.54, 1.807) is 4.31 Å². The molecular formula is C17H33N3O4S. The van der Waals surface area contributed by atoms with E-state index in [4.69, 9.17) is 9.47 Å². The summed E-state index contributed by atoms with van der Waals surface area (Å²) < 4.78 is 37.5. The molecule has 0 bridgehead atoms. The number of likely N-dealkylation sites (tertiary alicyclic amines) is 1. The van der Waals surface area contributed by atoms with Crippen LogP contribution in [-0.4, -0.2) is 107 Å². The van der Waals surface area contributed by atoms with Crippen molar-refractivity contribution in [3.05, 3.63) is 0 Å². The molecule has 0 spiro atoms. The first-order valence-corrected chi connectivity index (χ1v) is 11.5. The average molecular weight is 376 g/mol. The van der Waals surface area contributed by atoms with Gasteiger partial charge in [0.25, 0.3) is 0 Å². The van der Waals surface area contributed by atoms with Gasteiger partial charge in [0.1, 0.15) is 0 Å². The van der Waals surface area contributed by atoms with Gasteiger partial charge in [0.2, 0.25) is 10.0 Å². The van der Waals surface area contributed by atoms with Gasteiger partial charge in [0.05, 0.1) is 19.5 Å². The van der Waals surface area contributed by atoms with Crippen LogP contribution in [-0.2, 0) is 19.5 Å². The van der Waals surface area contributed by atoms with Gasteiger partial charge in [-0.1, -0.05) is 0 Å². The summed E-state index contributed by atoms with van der Waals surface area (Å²) in [5.74, 6) is 0. The lowest BCUT2D eigenvalue weighted by atomic mass is 10.00. The number of piperidine rings is 1. The lowest BCUT2D eigenvalue weighted by Gasteiger charge is -2.43. The molecule has 0 N–H and O–H groups in total. The first kappa shape index (κ1) is 19.5. The molecule has 0 amide bonds. The Kier molecular flexibility index (Phi) is 7.10. The quantitative estimate of drug-likeness (QED) is 0.662. The molecule has 0 aliphatic carbocycles. The fourth-order valence-corrected chi connectivity index (χ4v) is 5.41. The highest BCUT2D eigenvalue weighted by Gasteiger charge is 2.33. The lowest BCUT2D eigenvalue weighted by molar-refractivity contribution is 0.0125. The van der Waals surface area contributed by atoms with Gasteiger partial charge in [-0.2, -0.15) is 4.31 Å². The van der Waals surface area contributed by atoms with E-state index in [1.807, 2.05) is 0 Å². The summed E-state index contributed by atoms with van der Waals surface area (Å²) in [6.45, 7) is 8.29. The van der Waals surface area contributed by atoms with Crippen LogP contribution in [0.3, 0.4) is 0 Å². The minimum absolute atomic E-state index is 0.104. The summed E-state index contributed by atoms with van der Waals surface area (Å²) >= 11 is 0. The van der Waals surface area contributed by atoms with Crippen LogP contribution in [0.1, 0.15) is 25.7 Å². The Morgan fingerprint density at radius 3 is 2.36 bits per heavy atom. The zero-order chi connectivity index (χ0) is 17.7. The van der Waals surface area contributed by atoms with Crippen LogP contribution in [0.25, 0.3) is 0 Å². The molecule has 3 fully saturated rings. The van der Waals surface area contributed by atoms with Crippen LogP contribution < -0.4 is 0 Å². The molecule has 3 aliphatic rings. The van der Waals surface area contributed by atoms with Gasteiger partial charge in [0, 0.05) is 58.0 Å². The Balaban J connectivity index is 1.59. The van der Waals surface area contributed by atoms with Gasteiger partial charge in [-0.25, -0.2) is 8.42 Å². The highest BCUT2D eigenvalue weighted by Crippen LogP contribution is 2.23. The molecule has 3 saturated heterocycles. The van der Waals surface area contributed by atoms with Gasteiger partial charge in [0.15, 0.2) is 0 Å². The van der Waals surface area contributed by atoms with Crippen molar-refractivity contribution in [1.29, 1.82) is 0 Å². The maximum atomic E-state index is 12.4. The minimum atomic E-state index is -3.20. The van der Waals surface area contributed by atoms with Gasteiger partial charge >= 0.3 is 0 Å². The molecule has 7 nitrogen and oxygen atoms in total. The normalized spacial score (nSPS) is 28.5. The smallest absolute Gasteiger partial charge is 0.211 e. The van der Waals surface area contributed by atoms with Crippen molar-refractivity contribution in [1.82, 2.24) is 14.1 Å². The van der Waals surface area contributed by atoms with Crippen LogP contribution in [0.2, 0.25) is 0 Å². The van der Waals surface area contributed by atoms with Gasteiger partial charge in [-0.3, -0.25) is 9.80 Å². The van der Waals surface area contributed by atoms with Gasteiger partial charge < -0.3 is 9.47 Å². The zero-order valence-electron chi connectivity index (χ0n) is 15.4. The van der Waals surface area contributed by atoms with E-state index in [9.17, 15) is 8.42 Å². The van der Waals surface area contributed by atoms with Crippen LogP contribution in [0.4, 0.5) is 0 Å². The SMILES string of the molecule is CS(=O)(=O)N(CCN1CCOCC1)C1CCCN(C2CCOCC2)C1.